The molecule has 29 heavy (non-hydrogen) atoms. The number of aromatic nitrogens is 1. The van der Waals surface area contributed by atoms with Crippen molar-refractivity contribution in [1.82, 2.24) is 15.6 Å². The van der Waals surface area contributed by atoms with Gasteiger partial charge in [0, 0.05) is 39.5 Å². The first-order chi connectivity index (χ1) is 13.8. The Hall–Kier alpha value is -1.17. The quantitative estimate of drug-likeness (QED) is 0.208. The van der Waals surface area contributed by atoms with Gasteiger partial charge in [0.25, 0.3) is 0 Å². The Bertz CT molecular complexity index is 702. The summed E-state index contributed by atoms with van der Waals surface area (Å²) in [5.74, 6) is 2.09. The SMILES string of the molecule is CCNC(=NCc1coc(-c2cccs2)n1)NCCCOCC1CCOCC1.I. The summed E-state index contributed by atoms with van der Waals surface area (Å²) in [6, 6.07) is 3.99. The predicted octanol–water partition coefficient (Wildman–Crippen LogP) is 3.91. The molecule has 7 nitrogen and oxygen atoms in total. The van der Waals surface area contributed by atoms with Gasteiger partial charge in [0.2, 0.25) is 5.89 Å². The molecule has 0 atom stereocenters. The molecule has 1 saturated heterocycles. The van der Waals surface area contributed by atoms with E-state index in [1.807, 2.05) is 17.5 Å². The molecule has 1 fully saturated rings. The lowest BCUT2D eigenvalue weighted by Gasteiger charge is -2.21. The van der Waals surface area contributed by atoms with Gasteiger partial charge in [-0.3, -0.25) is 0 Å². The van der Waals surface area contributed by atoms with E-state index < -0.39 is 0 Å². The molecule has 0 unspecified atom stereocenters. The van der Waals surface area contributed by atoms with Gasteiger partial charge in [-0.2, -0.15) is 0 Å². The Labute approximate surface area is 193 Å². The highest BCUT2D eigenvalue weighted by Gasteiger charge is 2.13. The number of thiophene rings is 1. The van der Waals surface area contributed by atoms with Gasteiger partial charge >= 0.3 is 0 Å². The molecule has 1 aliphatic rings. The van der Waals surface area contributed by atoms with Crippen LogP contribution in [0.3, 0.4) is 0 Å². The van der Waals surface area contributed by atoms with E-state index in [0.29, 0.717) is 18.4 Å². The van der Waals surface area contributed by atoms with Gasteiger partial charge in [-0.25, -0.2) is 9.98 Å². The van der Waals surface area contributed by atoms with Crippen LogP contribution in [0.4, 0.5) is 0 Å². The lowest BCUT2D eigenvalue weighted by molar-refractivity contribution is 0.0203. The summed E-state index contributed by atoms with van der Waals surface area (Å²) in [5.41, 5.74) is 0.820. The average molecular weight is 534 g/mol. The van der Waals surface area contributed by atoms with E-state index in [1.165, 1.54) is 0 Å². The van der Waals surface area contributed by atoms with Crippen LogP contribution in [0.25, 0.3) is 10.8 Å². The Morgan fingerprint density at radius 3 is 2.97 bits per heavy atom. The maximum Gasteiger partial charge on any atom is 0.236 e. The first-order valence-corrected chi connectivity index (χ1v) is 10.9. The summed E-state index contributed by atoms with van der Waals surface area (Å²) in [7, 11) is 0. The molecule has 2 aromatic rings. The van der Waals surface area contributed by atoms with E-state index >= 15 is 0 Å². The number of nitrogens with one attached hydrogen (secondary N) is 2. The van der Waals surface area contributed by atoms with E-state index in [9.17, 15) is 0 Å². The summed E-state index contributed by atoms with van der Waals surface area (Å²) in [5, 5.41) is 8.62. The number of nitrogens with zero attached hydrogens (tertiary/aromatic N) is 2. The summed E-state index contributed by atoms with van der Waals surface area (Å²) in [4.78, 5) is 10.1. The Morgan fingerprint density at radius 2 is 2.21 bits per heavy atom. The van der Waals surface area contributed by atoms with Gasteiger partial charge < -0.3 is 24.5 Å². The van der Waals surface area contributed by atoms with E-state index in [1.54, 1.807) is 17.6 Å². The highest BCUT2D eigenvalue weighted by Crippen LogP contribution is 2.23. The monoisotopic (exact) mass is 534 g/mol. The third kappa shape index (κ3) is 8.61. The zero-order valence-electron chi connectivity index (χ0n) is 16.9. The number of hydrogen-bond acceptors (Lipinski definition) is 6. The summed E-state index contributed by atoms with van der Waals surface area (Å²) in [6.07, 6.45) is 4.85. The van der Waals surface area contributed by atoms with Crippen LogP contribution in [-0.2, 0) is 16.0 Å². The summed E-state index contributed by atoms with van der Waals surface area (Å²) < 4.78 is 16.7. The average Bonchev–Trinajstić information content (AvgIpc) is 3.41. The van der Waals surface area contributed by atoms with Crippen LogP contribution >= 0.6 is 35.3 Å². The molecule has 0 amide bonds. The molecule has 3 heterocycles. The van der Waals surface area contributed by atoms with Crippen LogP contribution in [0.2, 0.25) is 0 Å². The van der Waals surface area contributed by atoms with Crippen LogP contribution < -0.4 is 10.6 Å². The minimum absolute atomic E-state index is 0. The second-order valence-corrected chi connectivity index (χ2v) is 7.68. The lowest BCUT2D eigenvalue weighted by atomic mass is 10.0. The Kier molecular flexibility index (Phi) is 11.6. The molecule has 0 radical (unpaired) electrons. The normalized spacial score (nSPS) is 15.1. The molecular weight excluding hydrogens is 503 g/mol. The van der Waals surface area contributed by atoms with Gasteiger partial charge in [0.15, 0.2) is 5.96 Å². The Morgan fingerprint density at radius 1 is 1.34 bits per heavy atom. The van der Waals surface area contributed by atoms with Crippen molar-refractivity contribution >= 4 is 41.3 Å². The van der Waals surface area contributed by atoms with E-state index in [0.717, 1.165) is 75.3 Å². The van der Waals surface area contributed by atoms with E-state index in [-0.39, 0.29) is 24.0 Å². The number of oxazole rings is 1. The fourth-order valence-corrected chi connectivity index (χ4v) is 3.59. The van der Waals surface area contributed by atoms with Gasteiger partial charge in [-0.15, -0.1) is 35.3 Å². The lowest BCUT2D eigenvalue weighted by Crippen LogP contribution is -2.38. The van der Waals surface area contributed by atoms with Crippen molar-refractivity contribution in [3.8, 4) is 10.8 Å². The fraction of sp³-hybridized carbons (Fsp3) is 0.600. The van der Waals surface area contributed by atoms with Crippen molar-refractivity contribution in [3.63, 3.8) is 0 Å². The van der Waals surface area contributed by atoms with Crippen molar-refractivity contribution in [2.75, 3.05) is 39.5 Å². The maximum atomic E-state index is 5.81. The Balaban J connectivity index is 0.00000300. The number of guanidine groups is 1. The summed E-state index contributed by atoms with van der Waals surface area (Å²) >= 11 is 1.61. The maximum absolute atomic E-state index is 5.81. The van der Waals surface area contributed by atoms with Crippen molar-refractivity contribution < 1.29 is 13.9 Å². The molecule has 1 aliphatic heterocycles. The van der Waals surface area contributed by atoms with Gasteiger partial charge in [0.1, 0.15) is 12.0 Å². The molecule has 9 heteroatoms. The first-order valence-electron chi connectivity index (χ1n) is 10.0. The van der Waals surface area contributed by atoms with Crippen molar-refractivity contribution in [2.24, 2.45) is 10.9 Å². The number of ether oxygens (including phenoxy) is 2. The van der Waals surface area contributed by atoms with Crippen LogP contribution in [0.5, 0.6) is 0 Å². The second kappa shape index (κ2) is 13.9. The van der Waals surface area contributed by atoms with Crippen molar-refractivity contribution in [2.45, 2.75) is 32.7 Å². The molecule has 0 aromatic carbocycles. The van der Waals surface area contributed by atoms with Gasteiger partial charge in [-0.1, -0.05) is 6.07 Å². The number of aliphatic imine (C=N–C) groups is 1. The van der Waals surface area contributed by atoms with E-state index in [4.69, 9.17) is 13.9 Å². The van der Waals surface area contributed by atoms with Gasteiger partial charge in [0.05, 0.1) is 11.4 Å². The fourth-order valence-electron chi connectivity index (χ4n) is 2.94. The minimum Gasteiger partial charge on any atom is -0.443 e. The first kappa shape index (κ1) is 24.1. The van der Waals surface area contributed by atoms with Crippen molar-refractivity contribution in [3.05, 3.63) is 29.5 Å². The number of hydrogen-bond donors (Lipinski definition) is 2. The van der Waals surface area contributed by atoms with Crippen LogP contribution in [0.1, 0.15) is 31.9 Å². The smallest absolute Gasteiger partial charge is 0.236 e. The van der Waals surface area contributed by atoms with Crippen LogP contribution in [0, 0.1) is 5.92 Å². The molecule has 0 spiro atoms. The second-order valence-electron chi connectivity index (χ2n) is 6.73. The highest BCUT2D eigenvalue weighted by atomic mass is 127. The molecule has 0 saturated carbocycles. The minimum atomic E-state index is 0. The molecule has 162 valence electrons. The van der Waals surface area contributed by atoms with Gasteiger partial charge in [-0.05, 0) is 43.6 Å². The zero-order valence-corrected chi connectivity index (χ0v) is 20.0. The topological polar surface area (TPSA) is 80.9 Å². The third-order valence-corrected chi connectivity index (χ3v) is 5.34. The predicted molar refractivity (Wildman–Crippen MR) is 127 cm³/mol. The standard InChI is InChI=1S/C20H30N4O3S.HI/c1-2-21-20(22-8-4-9-26-14-16-6-10-25-11-7-16)23-13-17-15-27-19(24-17)18-5-3-12-28-18;/h3,5,12,15-16H,2,4,6-11,13-14H2,1H3,(H2,21,22,23);1H. The molecule has 3 rings (SSSR count). The molecule has 0 bridgehead atoms. The van der Waals surface area contributed by atoms with Crippen LogP contribution in [-0.4, -0.2) is 50.5 Å². The van der Waals surface area contributed by atoms with Crippen molar-refractivity contribution in [1.29, 1.82) is 0 Å². The molecule has 0 aliphatic carbocycles. The largest absolute Gasteiger partial charge is 0.443 e. The third-order valence-electron chi connectivity index (χ3n) is 4.48. The molecule has 2 N–H and O–H groups in total. The number of halogens is 1. The highest BCUT2D eigenvalue weighted by molar-refractivity contribution is 14.0. The molecular formula is C20H31IN4O3S. The zero-order chi connectivity index (χ0) is 19.4. The summed E-state index contributed by atoms with van der Waals surface area (Å²) in [6.45, 7) is 7.51. The molecule has 2 aromatic heterocycles. The number of rotatable bonds is 10. The van der Waals surface area contributed by atoms with Crippen LogP contribution in [0.15, 0.2) is 33.2 Å². The van der Waals surface area contributed by atoms with E-state index in [2.05, 4.69) is 27.5 Å².